The van der Waals surface area contributed by atoms with Gasteiger partial charge in [0.05, 0.1) is 6.61 Å². The van der Waals surface area contributed by atoms with Gasteiger partial charge in [0.1, 0.15) is 6.61 Å². The zero-order valence-corrected chi connectivity index (χ0v) is 14.1. The Hall–Kier alpha value is -2.86. The van der Waals surface area contributed by atoms with Crippen LogP contribution in [-0.2, 0) is 11.2 Å². The van der Waals surface area contributed by atoms with Crippen LogP contribution in [0.25, 0.3) is 10.9 Å². The summed E-state index contributed by atoms with van der Waals surface area (Å²) >= 11 is 0. The standard InChI is InChI=1S/C19H21N3O3/c1-24-10-11-25-18-12-14(6-8-20-18)19(23)21-9-7-15-13-22-17-5-3-2-4-16(15)17/h2-6,8,12-13,22H,7,9-11H2,1H3,(H,21,23). The number of aromatic amines is 1. The molecule has 0 saturated carbocycles. The number of hydrogen-bond donors (Lipinski definition) is 2. The number of carbonyl (C=O) groups is 1. The minimum Gasteiger partial charge on any atom is -0.475 e. The van der Waals surface area contributed by atoms with Crippen LogP contribution in [0.5, 0.6) is 5.88 Å². The number of fused-ring (bicyclic) bond motifs is 1. The summed E-state index contributed by atoms with van der Waals surface area (Å²) in [6, 6.07) is 11.4. The third-order valence-electron chi connectivity index (χ3n) is 3.89. The Kier molecular flexibility index (Phi) is 5.64. The van der Waals surface area contributed by atoms with Gasteiger partial charge in [0.2, 0.25) is 5.88 Å². The fourth-order valence-electron chi connectivity index (χ4n) is 2.61. The van der Waals surface area contributed by atoms with Gasteiger partial charge < -0.3 is 19.8 Å². The molecule has 25 heavy (non-hydrogen) atoms. The highest BCUT2D eigenvalue weighted by Gasteiger charge is 2.08. The number of aromatic nitrogens is 2. The molecule has 3 aromatic rings. The fraction of sp³-hybridized carbons (Fsp3) is 0.263. The molecule has 2 aromatic heterocycles. The number of rotatable bonds is 8. The Morgan fingerprint density at radius 2 is 2.12 bits per heavy atom. The van der Waals surface area contributed by atoms with Crippen LogP contribution in [0.1, 0.15) is 15.9 Å². The van der Waals surface area contributed by atoms with E-state index in [9.17, 15) is 4.79 Å². The Bertz CT molecular complexity index is 845. The number of carbonyl (C=O) groups excluding carboxylic acids is 1. The number of benzene rings is 1. The van der Waals surface area contributed by atoms with Crippen molar-refractivity contribution in [3.8, 4) is 5.88 Å². The van der Waals surface area contributed by atoms with Crippen molar-refractivity contribution in [2.45, 2.75) is 6.42 Å². The van der Waals surface area contributed by atoms with E-state index in [0.717, 1.165) is 11.9 Å². The predicted molar refractivity (Wildman–Crippen MR) is 95.9 cm³/mol. The summed E-state index contributed by atoms with van der Waals surface area (Å²) in [6.07, 6.45) is 4.32. The largest absolute Gasteiger partial charge is 0.475 e. The maximum Gasteiger partial charge on any atom is 0.251 e. The minimum atomic E-state index is -0.140. The molecule has 6 nitrogen and oxygen atoms in total. The van der Waals surface area contributed by atoms with Gasteiger partial charge in [-0.1, -0.05) is 18.2 Å². The number of amides is 1. The number of para-hydroxylation sites is 1. The average molecular weight is 339 g/mol. The van der Waals surface area contributed by atoms with Crippen LogP contribution in [0.4, 0.5) is 0 Å². The van der Waals surface area contributed by atoms with E-state index in [-0.39, 0.29) is 5.91 Å². The van der Waals surface area contributed by atoms with Crippen molar-refractivity contribution in [1.29, 1.82) is 0 Å². The van der Waals surface area contributed by atoms with Crippen LogP contribution in [0, 0.1) is 0 Å². The summed E-state index contributed by atoms with van der Waals surface area (Å²) in [4.78, 5) is 19.6. The number of methoxy groups -OCH3 is 1. The number of H-pyrrole nitrogens is 1. The second-order valence-corrected chi connectivity index (χ2v) is 5.59. The van der Waals surface area contributed by atoms with Crippen molar-refractivity contribution >= 4 is 16.8 Å². The smallest absolute Gasteiger partial charge is 0.251 e. The molecule has 0 unspecified atom stereocenters. The molecule has 2 N–H and O–H groups in total. The first-order valence-corrected chi connectivity index (χ1v) is 8.19. The number of hydrogen-bond acceptors (Lipinski definition) is 4. The Balaban J connectivity index is 1.55. The van der Waals surface area contributed by atoms with E-state index in [1.54, 1.807) is 25.4 Å². The van der Waals surface area contributed by atoms with Gasteiger partial charge in [-0.15, -0.1) is 0 Å². The van der Waals surface area contributed by atoms with Gasteiger partial charge >= 0.3 is 0 Å². The van der Waals surface area contributed by atoms with E-state index in [0.29, 0.717) is 31.2 Å². The topological polar surface area (TPSA) is 76.2 Å². The van der Waals surface area contributed by atoms with E-state index >= 15 is 0 Å². The Labute approximate surface area is 146 Å². The van der Waals surface area contributed by atoms with Gasteiger partial charge in [0.15, 0.2) is 0 Å². The molecule has 0 spiro atoms. The molecule has 3 rings (SSSR count). The van der Waals surface area contributed by atoms with Gasteiger partial charge in [0.25, 0.3) is 5.91 Å². The van der Waals surface area contributed by atoms with E-state index in [1.165, 1.54) is 10.9 Å². The molecular weight excluding hydrogens is 318 g/mol. The highest BCUT2D eigenvalue weighted by atomic mass is 16.5. The van der Waals surface area contributed by atoms with E-state index in [1.807, 2.05) is 24.4 Å². The second-order valence-electron chi connectivity index (χ2n) is 5.59. The SMILES string of the molecule is COCCOc1cc(C(=O)NCCc2c[nH]c3ccccc23)ccn1. The van der Waals surface area contributed by atoms with Crippen molar-refractivity contribution in [3.63, 3.8) is 0 Å². The second kappa shape index (κ2) is 8.30. The lowest BCUT2D eigenvalue weighted by molar-refractivity contribution is 0.0953. The van der Waals surface area contributed by atoms with E-state index in [2.05, 4.69) is 21.4 Å². The summed E-state index contributed by atoms with van der Waals surface area (Å²) in [5, 5.41) is 4.12. The lowest BCUT2D eigenvalue weighted by Gasteiger charge is -2.07. The minimum absolute atomic E-state index is 0.140. The molecular formula is C19H21N3O3. The fourth-order valence-corrected chi connectivity index (χ4v) is 2.61. The zero-order valence-electron chi connectivity index (χ0n) is 14.1. The van der Waals surface area contributed by atoms with Crippen LogP contribution in [-0.4, -0.2) is 42.7 Å². The van der Waals surface area contributed by atoms with Crippen molar-refractivity contribution in [1.82, 2.24) is 15.3 Å². The highest BCUT2D eigenvalue weighted by Crippen LogP contribution is 2.17. The molecule has 0 aliphatic heterocycles. The Morgan fingerprint density at radius 1 is 1.24 bits per heavy atom. The van der Waals surface area contributed by atoms with Gasteiger partial charge in [-0.2, -0.15) is 0 Å². The summed E-state index contributed by atoms with van der Waals surface area (Å²) in [6.45, 7) is 1.43. The number of ether oxygens (including phenoxy) is 2. The summed E-state index contributed by atoms with van der Waals surface area (Å²) in [7, 11) is 1.61. The van der Waals surface area contributed by atoms with Crippen LogP contribution in [0.15, 0.2) is 48.8 Å². The van der Waals surface area contributed by atoms with Gasteiger partial charge in [-0.25, -0.2) is 4.98 Å². The molecule has 0 fully saturated rings. The van der Waals surface area contributed by atoms with Crippen molar-refractivity contribution in [2.75, 3.05) is 26.9 Å². The van der Waals surface area contributed by atoms with Crippen molar-refractivity contribution < 1.29 is 14.3 Å². The highest BCUT2D eigenvalue weighted by molar-refractivity contribution is 5.94. The first-order valence-electron chi connectivity index (χ1n) is 8.19. The first kappa shape index (κ1) is 17.0. The van der Waals surface area contributed by atoms with Gasteiger partial charge in [-0.05, 0) is 24.1 Å². The molecule has 6 heteroatoms. The molecule has 0 aliphatic rings. The molecule has 0 radical (unpaired) electrons. The van der Waals surface area contributed by atoms with Crippen LogP contribution in [0.2, 0.25) is 0 Å². The Morgan fingerprint density at radius 3 is 3.00 bits per heavy atom. The first-order chi connectivity index (χ1) is 12.3. The van der Waals surface area contributed by atoms with E-state index in [4.69, 9.17) is 9.47 Å². The zero-order chi connectivity index (χ0) is 17.5. The van der Waals surface area contributed by atoms with Crippen LogP contribution < -0.4 is 10.1 Å². The molecule has 0 saturated heterocycles. The lowest BCUT2D eigenvalue weighted by Crippen LogP contribution is -2.25. The maximum absolute atomic E-state index is 12.3. The molecule has 0 aliphatic carbocycles. The van der Waals surface area contributed by atoms with Crippen LogP contribution >= 0.6 is 0 Å². The third-order valence-corrected chi connectivity index (χ3v) is 3.89. The monoisotopic (exact) mass is 339 g/mol. The van der Waals surface area contributed by atoms with Crippen LogP contribution in [0.3, 0.4) is 0 Å². The number of nitrogens with one attached hydrogen (secondary N) is 2. The summed E-state index contributed by atoms with van der Waals surface area (Å²) in [5.41, 5.74) is 2.83. The summed E-state index contributed by atoms with van der Waals surface area (Å²) < 4.78 is 10.4. The van der Waals surface area contributed by atoms with Crippen molar-refractivity contribution in [2.24, 2.45) is 0 Å². The van der Waals surface area contributed by atoms with Gasteiger partial charge in [-0.3, -0.25) is 4.79 Å². The molecule has 0 atom stereocenters. The predicted octanol–water partition coefficient (Wildman–Crippen LogP) is 2.56. The lowest BCUT2D eigenvalue weighted by atomic mass is 10.1. The third kappa shape index (κ3) is 4.36. The van der Waals surface area contributed by atoms with E-state index < -0.39 is 0 Å². The average Bonchev–Trinajstić information content (AvgIpc) is 3.05. The van der Waals surface area contributed by atoms with Gasteiger partial charge in [0, 0.05) is 48.6 Å². The number of nitrogens with zero attached hydrogens (tertiary/aromatic N) is 1. The molecule has 130 valence electrons. The summed E-state index contributed by atoms with van der Waals surface area (Å²) in [5.74, 6) is 0.278. The molecule has 2 heterocycles. The number of pyridine rings is 1. The van der Waals surface area contributed by atoms with Crippen molar-refractivity contribution in [3.05, 3.63) is 59.9 Å². The molecule has 0 bridgehead atoms. The molecule has 1 amide bonds. The molecule has 1 aromatic carbocycles. The quantitative estimate of drug-likeness (QED) is 0.619. The maximum atomic E-state index is 12.3. The normalized spacial score (nSPS) is 10.8.